The summed E-state index contributed by atoms with van der Waals surface area (Å²) in [4.78, 5) is 2.31. The summed E-state index contributed by atoms with van der Waals surface area (Å²) in [7, 11) is 0. The highest BCUT2D eigenvalue weighted by molar-refractivity contribution is 6.19. The van der Waals surface area contributed by atoms with Crippen molar-refractivity contribution in [1.82, 2.24) is 0 Å². The lowest BCUT2D eigenvalue weighted by molar-refractivity contribution is 0.669. The summed E-state index contributed by atoms with van der Waals surface area (Å²) in [5.41, 5.74) is 11.2. The van der Waals surface area contributed by atoms with Crippen LogP contribution in [0.1, 0.15) is 0 Å². The highest BCUT2D eigenvalue weighted by Gasteiger charge is 2.18. The van der Waals surface area contributed by atoms with E-state index in [-0.39, 0.29) is 0 Å². The third-order valence-electron chi connectivity index (χ3n) is 9.66. The number of nitrogens with zero attached hydrogens (tertiary/aromatic N) is 1. The number of rotatable bonds is 5. The van der Waals surface area contributed by atoms with Crippen LogP contribution in [0.3, 0.4) is 0 Å². The predicted octanol–water partition coefficient (Wildman–Crippen LogP) is 13.4. The van der Waals surface area contributed by atoms with Crippen molar-refractivity contribution in [3.63, 3.8) is 0 Å². The molecule has 2 heterocycles. The van der Waals surface area contributed by atoms with E-state index in [4.69, 9.17) is 8.83 Å². The number of anilines is 3. The molecule has 0 saturated carbocycles. The molecule has 3 heteroatoms. The van der Waals surface area contributed by atoms with E-state index < -0.39 is 0 Å². The number of hydrogen-bond acceptors (Lipinski definition) is 3. The van der Waals surface area contributed by atoms with Gasteiger partial charge in [-0.25, -0.2) is 0 Å². The summed E-state index contributed by atoms with van der Waals surface area (Å²) < 4.78 is 12.9. The van der Waals surface area contributed by atoms with Crippen LogP contribution in [0.25, 0.3) is 76.9 Å². The van der Waals surface area contributed by atoms with Gasteiger partial charge in [0, 0.05) is 50.2 Å². The highest BCUT2D eigenvalue weighted by Crippen LogP contribution is 2.42. The summed E-state index contributed by atoms with van der Waals surface area (Å²) in [6, 6.07) is 62.0. The van der Waals surface area contributed by atoms with Crippen molar-refractivity contribution < 1.29 is 8.83 Å². The minimum atomic E-state index is 0.862. The molecule has 0 fully saturated rings. The van der Waals surface area contributed by atoms with Crippen LogP contribution >= 0.6 is 0 Å². The topological polar surface area (TPSA) is 29.5 Å². The number of para-hydroxylation sites is 2. The first-order valence-electron chi connectivity index (χ1n) is 16.6. The average molecular weight is 628 g/mol. The van der Waals surface area contributed by atoms with Crippen LogP contribution in [0.5, 0.6) is 0 Å². The first kappa shape index (κ1) is 27.5. The molecule has 2 aromatic heterocycles. The van der Waals surface area contributed by atoms with Gasteiger partial charge in [0.2, 0.25) is 0 Å². The van der Waals surface area contributed by atoms with Crippen LogP contribution in [0.15, 0.2) is 185 Å². The van der Waals surface area contributed by atoms with Crippen LogP contribution in [-0.4, -0.2) is 0 Å². The van der Waals surface area contributed by atoms with E-state index >= 15 is 0 Å². The zero-order valence-corrected chi connectivity index (χ0v) is 26.5. The minimum absolute atomic E-state index is 0.862. The van der Waals surface area contributed by atoms with Crippen LogP contribution in [0, 0.1) is 0 Å². The zero-order valence-electron chi connectivity index (χ0n) is 26.5. The van der Waals surface area contributed by atoms with Gasteiger partial charge in [0.05, 0.1) is 0 Å². The average Bonchev–Trinajstić information content (AvgIpc) is 3.74. The SMILES string of the molecule is c1ccc(-c2cccc(N(c3ccc(-c4cccc5c4oc4ccccc45)cc3)c3ccc4c(c3)oc3ccc5ccccc5c34)c2)cc1. The van der Waals surface area contributed by atoms with E-state index in [2.05, 4.69) is 169 Å². The Bertz CT molecular complexity index is 2830. The lowest BCUT2D eigenvalue weighted by Crippen LogP contribution is -2.10. The van der Waals surface area contributed by atoms with Gasteiger partial charge in [0.1, 0.15) is 22.3 Å². The van der Waals surface area contributed by atoms with Gasteiger partial charge in [-0.1, -0.05) is 121 Å². The largest absolute Gasteiger partial charge is 0.456 e. The molecule has 0 spiro atoms. The molecule has 0 atom stereocenters. The molecule has 0 radical (unpaired) electrons. The van der Waals surface area contributed by atoms with Crippen molar-refractivity contribution in [3.05, 3.63) is 176 Å². The van der Waals surface area contributed by atoms with Crippen molar-refractivity contribution in [1.29, 1.82) is 0 Å². The predicted molar refractivity (Wildman–Crippen MR) is 204 cm³/mol. The standard InChI is InChI=1S/C46H29NO2/c1-2-10-30(11-3-1)33-13-8-14-35(28-33)47(36-25-26-41-44(29-36)48-43-27-22-31-12-4-5-15-37(31)45(41)43)34-23-20-32(21-24-34)38-17-9-18-40-39-16-6-7-19-42(39)49-46(38)40/h1-29H. The molecule has 0 amide bonds. The Morgan fingerprint density at radius 1 is 0.347 bits per heavy atom. The van der Waals surface area contributed by atoms with Gasteiger partial charge in [0.25, 0.3) is 0 Å². The van der Waals surface area contributed by atoms with Gasteiger partial charge in [-0.15, -0.1) is 0 Å². The smallest absolute Gasteiger partial charge is 0.143 e. The third kappa shape index (κ3) is 4.51. The van der Waals surface area contributed by atoms with Gasteiger partial charge < -0.3 is 13.7 Å². The molecule has 10 aromatic rings. The summed E-state index contributed by atoms with van der Waals surface area (Å²) >= 11 is 0. The first-order chi connectivity index (χ1) is 24.3. The third-order valence-corrected chi connectivity index (χ3v) is 9.66. The van der Waals surface area contributed by atoms with Gasteiger partial charge in [-0.05, 0) is 76.0 Å². The maximum Gasteiger partial charge on any atom is 0.143 e. The van der Waals surface area contributed by atoms with Crippen LogP contribution in [0.4, 0.5) is 17.1 Å². The second-order valence-corrected chi connectivity index (χ2v) is 12.5. The quantitative estimate of drug-likeness (QED) is 0.190. The summed E-state index contributed by atoms with van der Waals surface area (Å²) in [5.74, 6) is 0. The Labute approximate surface area is 282 Å². The molecule has 8 aromatic carbocycles. The summed E-state index contributed by atoms with van der Waals surface area (Å²) in [6.45, 7) is 0. The Morgan fingerprint density at radius 2 is 1.06 bits per heavy atom. The second kappa shape index (κ2) is 11.0. The van der Waals surface area contributed by atoms with Crippen molar-refractivity contribution in [3.8, 4) is 22.3 Å². The fourth-order valence-corrected chi connectivity index (χ4v) is 7.34. The molecule has 0 N–H and O–H groups in total. The molecular weight excluding hydrogens is 599 g/mol. The summed E-state index contributed by atoms with van der Waals surface area (Å²) in [5, 5.41) is 6.94. The molecule has 0 bridgehead atoms. The highest BCUT2D eigenvalue weighted by atomic mass is 16.3. The minimum Gasteiger partial charge on any atom is -0.456 e. The first-order valence-corrected chi connectivity index (χ1v) is 16.6. The van der Waals surface area contributed by atoms with Gasteiger partial charge >= 0.3 is 0 Å². The van der Waals surface area contributed by atoms with Crippen molar-refractivity contribution >= 4 is 71.7 Å². The molecule has 10 rings (SSSR count). The lowest BCUT2D eigenvalue weighted by atomic mass is 10.0. The lowest BCUT2D eigenvalue weighted by Gasteiger charge is -2.26. The van der Waals surface area contributed by atoms with Gasteiger partial charge in [-0.3, -0.25) is 0 Å². The van der Waals surface area contributed by atoms with Crippen molar-refractivity contribution in [2.45, 2.75) is 0 Å². The van der Waals surface area contributed by atoms with E-state index in [0.717, 1.165) is 77.6 Å². The molecular formula is C46H29NO2. The van der Waals surface area contributed by atoms with Crippen molar-refractivity contribution in [2.24, 2.45) is 0 Å². The van der Waals surface area contributed by atoms with E-state index in [1.807, 2.05) is 12.1 Å². The van der Waals surface area contributed by atoms with Gasteiger partial charge in [0.15, 0.2) is 0 Å². The Balaban J connectivity index is 1.13. The fraction of sp³-hybridized carbons (Fsp3) is 0. The van der Waals surface area contributed by atoms with E-state index in [1.165, 1.54) is 16.3 Å². The molecule has 0 saturated heterocycles. The van der Waals surface area contributed by atoms with E-state index in [9.17, 15) is 0 Å². The van der Waals surface area contributed by atoms with Crippen molar-refractivity contribution in [2.75, 3.05) is 4.90 Å². The number of fused-ring (bicyclic) bond motifs is 8. The van der Waals surface area contributed by atoms with Crippen LogP contribution in [-0.2, 0) is 0 Å². The molecule has 0 aliphatic rings. The Hall–Kier alpha value is -6.58. The Morgan fingerprint density at radius 3 is 1.96 bits per heavy atom. The van der Waals surface area contributed by atoms with Crippen LogP contribution < -0.4 is 4.90 Å². The zero-order chi connectivity index (χ0) is 32.3. The molecule has 49 heavy (non-hydrogen) atoms. The monoisotopic (exact) mass is 627 g/mol. The molecule has 0 aliphatic heterocycles. The molecule has 0 unspecified atom stereocenters. The number of hydrogen-bond donors (Lipinski definition) is 0. The molecule has 3 nitrogen and oxygen atoms in total. The summed E-state index contributed by atoms with van der Waals surface area (Å²) in [6.07, 6.45) is 0. The maximum absolute atomic E-state index is 6.52. The maximum atomic E-state index is 6.52. The number of furan rings is 2. The molecule has 230 valence electrons. The van der Waals surface area contributed by atoms with Crippen LogP contribution in [0.2, 0.25) is 0 Å². The fourth-order valence-electron chi connectivity index (χ4n) is 7.34. The van der Waals surface area contributed by atoms with E-state index in [1.54, 1.807) is 0 Å². The molecule has 0 aliphatic carbocycles. The van der Waals surface area contributed by atoms with Gasteiger partial charge in [-0.2, -0.15) is 0 Å². The Kier molecular flexibility index (Phi) is 6.18. The second-order valence-electron chi connectivity index (χ2n) is 12.5. The normalized spacial score (nSPS) is 11.7. The van der Waals surface area contributed by atoms with E-state index in [0.29, 0.717) is 0 Å². The number of benzene rings is 8.